The third kappa shape index (κ3) is 2.27. The minimum atomic E-state index is 0.0392. The van der Waals surface area contributed by atoms with Crippen molar-refractivity contribution >= 4 is 5.91 Å². The second-order valence-electron chi connectivity index (χ2n) is 4.34. The third-order valence-electron chi connectivity index (χ3n) is 2.91. The highest BCUT2D eigenvalue weighted by Crippen LogP contribution is 2.30. The number of terminal acetylenes is 1. The molecule has 1 aliphatic carbocycles. The predicted octanol–water partition coefficient (Wildman–Crippen LogP) is 1.51. The van der Waals surface area contributed by atoms with Crippen LogP contribution >= 0.6 is 0 Å². The van der Waals surface area contributed by atoms with Gasteiger partial charge in [-0.15, -0.1) is 6.42 Å². The molecule has 0 spiro atoms. The van der Waals surface area contributed by atoms with E-state index in [1.54, 1.807) is 4.90 Å². The summed E-state index contributed by atoms with van der Waals surface area (Å²) in [6.45, 7) is 1.20. The molecule has 1 fully saturated rings. The molecule has 0 unspecified atom stereocenters. The molecule has 0 radical (unpaired) electrons. The van der Waals surface area contributed by atoms with E-state index in [0.29, 0.717) is 18.2 Å². The number of hydrogen-bond donors (Lipinski definition) is 0. The molecule has 1 aromatic heterocycles. The molecule has 0 aliphatic heterocycles. The summed E-state index contributed by atoms with van der Waals surface area (Å²) in [5.74, 6) is 3.26. The molecule has 1 amide bonds. The van der Waals surface area contributed by atoms with Gasteiger partial charge in [-0.05, 0) is 30.9 Å². The maximum absolute atomic E-state index is 12.2. The molecule has 1 aliphatic rings. The van der Waals surface area contributed by atoms with Crippen LogP contribution in [0.15, 0.2) is 18.3 Å². The van der Waals surface area contributed by atoms with Gasteiger partial charge in [0.05, 0.1) is 6.54 Å². The Morgan fingerprint density at radius 1 is 1.69 bits per heavy atom. The number of amides is 1. The standard InChI is InChI=1S/C13H16N2O/c1-3-8-15(10-11-6-7-11)13(16)12-5-4-9-14(12)2/h1,4-5,9,11H,6-8,10H2,2H3. The first kappa shape index (κ1) is 10.8. The average Bonchev–Trinajstić information content (AvgIpc) is 2.98. The van der Waals surface area contributed by atoms with E-state index in [9.17, 15) is 4.79 Å². The van der Waals surface area contributed by atoms with Gasteiger partial charge >= 0.3 is 0 Å². The quantitative estimate of drug-likeness (QED) is 0.700. The van der Waals surface area contributed by atoms with E-state index >= 15 is 0 Å². The molecule has 1 saturated carbocycles. The molecule has 1 heterocycles. The number of carbonyl (C=O) groups is 1. The predicted molar refractivity (Wildman–Crippen MR) is 62.9 cm³/mol. The Balaban J connectivity index is 2.10. The van der Waals surface area contributed by atoms with Gasteiger partial charge in [0.2, 0.25) is 0 Å². The normalized spacial score (nSPS) is 14.5. The molecule has 3 heteroatoms. The molecular formula is C13H16N2O. The lowest BCUT2D eigenvalue weighted by Gasteiger charge is -2.20. The Hall–Kier alpha value is -1.69. The molecule has 0 N–H and O–H groups in total. The fourth-order valence-electron chi connectivity index (χ4n) is 1.79. The van der Waals surface area contributed by atoms with E-state index in [0.717, 1.165) is 6.54 Å². The van der Waals surface area contributed by atoms with Crippen LogP contribution in [0.1, 0.15) is 23.3 Å². The fraction of sp³-hybridized carbons (Fsp3) is 0.462. The largest absolute Gasteiger partial charge is 0.347 e. The van der Waals surface area contributed by atoms with Crippen LogP contribution in [-0.2, 0) is 7.05 Å². The van der Waals surface area contributed by atoms with Crippen molar-refractivity contribution < 1.29 is 4.79 Å². The summed E-state index contributed by atoms with van der Waals surface area (Å²) in [6, 6.07) is 3.71. The molecule has 1 aromatic rings. The van der Waals surface area contributed by atoms with Crippen molar-refractivity contribution in [1.29, 1.82) is 0 Å². The SMILES string of the molecule is C#CCN(CC1CC1)C(=O)c1cccn1C. The summed E-state index contributed by atoms with van der Waals surface area (Å²) in [4.78, 5) is 14.0. The number of nitrogens with zero attached hydrogens (tertiary/aromatic N) is 2. The van der Waals surface area contributed by atoms with Gasteiger partial charge in [-0.25, -0.2) is 0 Å². The molecule has 3 nitrogen and oxygen atoms in total. The van der Waals surface area contributed by atoms with Crippen molar-refractivity contribution in [3.05, 3.63) is 24.0 Å². The molecule has 0 aromatic carbocycles. The van der Waals surface area contributed by atoms with Gasteiger partial charge in [-0.3, -0.25) is 4.79 Å². The van der Waals surface area contributed by atoms with Gasteiger partial charge in [0.15, 0.2) is 0 Å². The summed E-state index contributed by atoms with van der Waals surface area (Å²) in [5.41, 5.74) is 0.705. The van der Waals surface area contributed by atoms with Gasteiger partial charge in [-0.2, -0.15) is 0 Å². The van der Waals surface area contributed by atoms with Gasteiger partial charge in [-0.1, -0.05) is 5.92 Å². The number of aryl methyl sites for hydroxylation is 1. The van der Waals surface area contributed by atoms with Crippen molar-refractivity contribution in [2.45, 2.75) is 12.8 Å². The van der Waals surface area contributed by atoms with Crippen LogP contribution in [0.4, 0.5) is 0 Å². The summed E-state index contributed by atoms with van der Waals surface area (Å²) >= 11 is 0. The number of hydrogen-bond acceptors (Lipinski definition) is 1. The number of carbonyl (C=O) groups excluding carboxylic acids is 1. The smallest absolute Gasteiger partial charge is 0.271 e. The molecule has 0 saturated heterocycles. The monoisotopic (exact) mass is 216 g/mol. The third-order valence-corrected chi connectivity index (χ3v) is 2.91. The van der Waals surface area contributed by atoms with E-state index in [4.69, 9.17) is 6.42 Å². The van der Waals surface area contributed by atoms with Gasteiger partial charge in [0.1, 0.15) is 5.69 Å². The fourth-order valence-corrected chi connectivity index (χ4v) is 1.79. The molecular weight excluding hydrogens is 200 g/mol. The van der Waals surface area contributed by atoms with Gasteiger partial charge < -0.3 is 9.47 Å². The average molecular weight is 216 g/mol. The van der Waals surface area contributed by atoms with Crippen molar-refractivity contribution in [2.75, 3.05) is 13.1 Å². The van der Waals surface area contributed by atoms with E-state index in [1.165, 1.54) is 12.8 Å². The first-order valence-electron chi connectivity index (χ1n) is 5.56. The zero-order chi connectivity index (χ0) is 11.5. The zero-order valence-corrected chi connectivity index (χ0v) is 9.52. The maximum Gasteiger partial charge on any atom is 0.271 e. The van der Waals surface area contributed by atoms with Crippen LogP contribution in [0.2, 0.25) is 0 Å². The van der Waals surface area contributed by atoms with E-state index < -0.39 is 0 Å². The van der Waals surface area contributed by atoms with Crippen LogP contribution in [0.25, 0.3) is 0 Å². The van der Waals surface area contributed by atoms with Crippen LogP contribution in [0, 0.1) is 18.3 Å². The Labute approximate surface area is 96.0 Å². The van der Waals surface area contributed by atoms with Crippen molar-refractivity contribution in [3.8, 4) is 12.3 Å². The highest BCUT2D eigenvalue weighted by molar-refractivity contribution is 5.93. The first-order chi connectivity index (χ1) is 7.72. The molecule has 0 bridgehead atoms. The highest BCUT2D eigenvalue weighted by atomic mass is 16.2. The zero-order valence-electron chi connectivity index (χ0n) is 9.52. The highest BCUT2D eigenvalue weighted by Gasteiger charge is 2.27. The Morgan fingerprint density at radius 3 is 2.94 bits per heavy atom. The molecule has 16 heavy (non-hydrogen) atoms. The second-order valence-corrected chi connectivity index (χ2v) is 4.34. The summed E-state index contributed by atoms with van der Waals surface area (Å²) in [7, 11) is 1.87. The lowest BCUT2D eigenvalue weighted by atomic mass is 10.3. The van der Waals surface area contributed by atoms with Crippen molar-refractivity contribution in [1.82, 2.24) is 9.47 Å². The maximum atomic E-state index is 12.2. The van der Waals surface area contributed by atoms with E-state index in [2.05, 4.69) is 5.92 Å². The number of aromatic nitrogens is 1. The summed E-state index contributed by atoms with van der Waals surface area (Å²) in [5, 5.41) is 0. The Morgan fingerprint density at radius 2 is 2.44 bits per heavy atom. The molecule has 2 rings (SSSR count). The Bertz CT molecular complexity index is 423. The van der Waals surface area contributed by atoms with Crippen molar-refractivity contribution in [3.63, 3.8) is 0 Å². The first-order valence-corrected chi connectivity index (χ1v) is 5.56. The van der Waals surface area contributed by atoms with E-state index in [1.807, 2.05) is 29.9 Å². The second kappa shape index (κ2) is 4.44. The topological polar surface area (TPSA) is 25.2 Å². The van der Waals surface area contributed by atoms with Crippen LogP contribution < -0.4 is 0 Å². The summed E-state index contributed by atoms with van der Waals surface area (Å²) in [6.07, 6.45) is 9.62. The number of rotatable bonds is 4. The lowest BCUT2D eigenvalue weighted by molar-refractivity contribution is 0.0760. The summed E-state index contributed by atoms with van der Waals surface area (Å²) < 4.78 is 1.83. The van der Waals surface area contributed by atoms with Crippen LogP contribution in [-0.4, -0.2) is 28.5 Å². The molecule has 0 atom stereocenters. The van der Waals surface area contributed by atoms with E-state index in [-0.39, 0.29) is 5.91 Å². The molecule has 84 valence electrons. The van der Waals surface area contributed by atoms with Gasteiger partial charge in [0.25, 0.3) is 5.91 Å². The van der Waals surface area contributed by atoms with Crippen LogP contribution in [0.3, 0.4) is 0 Å². The van der Waals surface area contributed by atoms with Gasteiger partial charge in [0, 0.05) is 19.8 Å². The van der Waals surface area contributed by atoms with Crippen LogP contribution in [0.5, 0.6) is 0 Å². The Kier molecular flexibility index (Phi) is 3.00. The minimum absolute atomic E-state index is 0.0392. The minimum Gasteiger partial charge on any atom is -0.347 e. The lowest BCUT2D eigenvalue weighted by Crippen LogP contribution is -2.34. The van der Waals surface area contributed by atoms with Crippen molar-refractivity contribution in [2.24, 2.45) is 13.0 Å².